The number of nitrogens with one attached hydrogen (secondary N) is 2. The number of carbonyl (C=O) groups excluding carboxylic acids is 2. The summed E-state index contributed by atoms with van der Waals surface area (Å²) in [6.45, 7) is 0.191. The van der Waals surface area contributed by atoms with Gasteiger partial charge in [0.1, 0.15) is 5.75 Å². The van der Waals surface area contributed by atoms with Gasteiger partial charge >= 0.3 is 0 Å². The first-order valence-electron chi connectivity index (χ1n) is 10.7. The van der Waals surface area contributed by atoms with Gasteiger partial charge in [-0.15, -0.1) is 0 Å². The molecule has 0 saturated carbocycles. The molecule has 0 heterocycles. The first-order valence-corrected chi connectivity index (χ1v) is 10.7. The van der Waals surface area contributed by atoms with Crippen molar-refractivity contribution in [2.75, 3.05) is 11.9 Å². The third kappa shape index (κ3) is 5.86. The van der Waals surface area contributed by atoms with Crippen LogP contribution in [-0.4, -0.2) is 18.4 Å². The van der Waals surface area contributed by atoms with Crippen LogP contribution in [0.2, 0.25) is 0 Å². The Morgan fingerprint density at radius 2 is 1.33 bits per heavy atom. The summed E-state index contributed by atoms with van der Waals surface area (Å²) in [6.07, 6.45) is 0. The SMILES string of the molecule is O=C(COc1ccccc1C(=O)NCc1ccccc1)Nc1ccccc1-c1ccccc1. The van der Waals surface area contributed by atoms with Gasteiger partial charge in [-0.05, 0) is 29.3 Å². The molecule has 0 radical (unpaired) electrons. The van der Waals surface area contributed by atoms with Crippen LogP contribution < -0.4 is 15.4 Å². The van der Waals surface area contributed by atoms with Gasteiger partial charge in [0, 0.05) is 17.8 Å². The summed E-state index contributed by atoms with van der Waals surface area (Å²) in [6, 6.07) is 34.0. The Morgan fingerprint density at radius 1 is 0.697 bits per heavy atom. The van der Waals surface area contributed by atoms with Crippen molar-refractivity contribution in [2.24, 2.45) is 0 Å². The Bertz CT molecular complexity index is 1220. The van der Waals surface area contributed by atoms with E-state index in [2.05, 4.69) is 10.6 Å². The Kier molecular flexibility index (Phi) is 7.13. The molecule has 0 aromatic heterocycles. The van der Waals surface area contributed by atoms with Gasteiger partial charge in [0.2, 0.25) is 0 Å². The molecule has 0 saturated heterocycles. The van der Waals surface area contributed by atoms with E-state index in [1.54, 1.807) is 24.3 Å². The van der Waals surface area contributed by atoms with E-state index in [0.717, 1.165) is 16.7 Å². The second kappa shape index (κ2) is 10.8. The van der Waals surface area contributed by atoms with Gasteiger partial charge in [-0.1, -0.05) is 91.0 Å². The smallest absolute Gasteiger partial charge is 0.262 e. The zero-order valence-electron chi connectivity index (χ0n) is 18.0. The molecule has 5 heteroatoms. The molecule has 0 atom stereocenters. The lowest BCUT2D eigenvalue weighted by atomic mass is 10.0. The van der Waals surface area contributed by atoms with E-state index in [9.17, 15) is 9.59 Å². The van der Waals surface area contributed by atoms with Gasteiger partial charge in [-0.2, -0.15) is 0 Å². The number of hydrogen-bond donors (Lipinski definition) is 2. The Balaban J connectivity index is 1.39. The molecule has 0 fully saturated rings. The first kappa shape index (κ1) is 21.8. The van der Waals surface area contributed by atoms with Crippen LogP contribution in [0.25, 0.3) is 11.1 Å². The highest BCUT2D eigenvalue weighted by molar-refractivity contribution is 5.98. The summed E-state index contributed by atoms with van der Waals surface area (Å²) in [5.41, 5.74) is 4.01. The summed E-state index contributed by atoms with van der Waals surface area (Å²) in [5, 5.41) is 5.80. The predicted octanol–water partition coefficient (Wildman–Crippen LogP) is 5.30. The van der Waals surface area contributed by atoms with Gasteiger partial charge in [-0.25, -0.2) is 0 Å². The topological polar surface area (TPSA) is 67.4 Å². The standard InChI is InChI=1S/C28H24N2O3/c31-27(30-25-17-9-7-15-23(25)22-13-5-2-6-14-22)20-33-26-18-10-8-16-24(26)28(32)29-19-21-11-3-1-4-12-21/h1-18H,19-20H2,(H,29,32)(H,30,31). The quantitative estimate of drug-likeness (QED) is 0.394. The van der Waals surface area contributed by atoms with Crippen LogP contribution in [0.1, 0.15) is 15.9 Å². The van der Waals surface area contributed by atoms with Gasteiger partial charge in [0.05, 0.1) is 5.56 Å². The molecule has 4 aromatic rings. The second-order valence-corrected chi connectivity index (χ2v) is 7.41. The highest BCUT2D eigenvalue weighted by Crippen LogP contribution is 2.27. The van der Waals surface area contributed by atoms with Crippen LogP contribution in [0.4, 0.5) is 5.69 Å². The van der Waals surface area contributed by atoms with Gasteiger partial charge in [0.25, 0.3) is 11.8 Å². The maximum Gasteiger partial charge on any atom is 0.262 e. The van der Waals surface area contributed by atoms with Crippen molar-refractivity contribution in [1.29, 1.82) is 0 Å². The monoisotopic (exact) mass is 436 g/mol. The van der Waals surface area contributed by atoms with E-state index in [1.807, 2.05) is 84.9 Å². The van der Waals surface area contributed by atoms with E-state index in [-0.39, 0.29) is 18.4 Å². The van der Waals surface area contributed by atoms with Crippen molar-refractivity contribution in [3.63, 3.8) is 0 Å². The van der Waals surface area contributed by atoms with Gasteiger partial charge < -0.3 is 15.4 Å². The molecule has 33 heavy (non-hydrogen) atoms. The van der Waals surface area contributed by atoms with Crippen LogP contribution in [0.15, 0.2) is 109 Å². The summed E-state index contributed by atoms with van der Waals surface area (Å²) in [7, 11) is 0. The van der Waals surface area contributed by atoms with E-state index in [1.165, 1.54) is 0 Å². The Labute approximate surface area is 193 Å². The molecule has 0 bridgehead atoms. The number of rotatable bonds is 8. The molecule has 0 aliphatic rings. The normalized spacial score (nSPS) is 10.3. The molecule has 0 spiro atoms. The number of ether oxygens (including phenoxy) is 1. The highest BCUT2D eigenvalue weighted by atomic mass is 16.5. The van der Waals surface area contributed by atoms with E-state index in [0.29, 0.717) is 23.5 Å². The fourth-order valence-corrected chi connectivity index (χ4v) is 3.44. The zero-order valence-corrected chi connectivity index (χ0v) is 18.0. The predicted molar refractivity (Wildman–Crippen MR) is 130 cm³/mol. The molecule has 2 amide bonds. The third-order valence-corrected chi connectivity index (χ3v) is 5.07. The fraction of sp³-hybridized carbons (Fsp3) is 0.0714. The number of hydrogen-bond acceptors (Lipinski definition) is 3. The molecule has 4 rings (SSSR count). The molecule has 5 nitrogen and oxygen atoms in total. The maximum absolute atomic E-state index is 12.7. The summed E-state index contributed by atoms with van der Waals surface area (Å²) in [4.78, 5) is 25.3. The highest BCUT2D eigenvalue weighted by Gasteiger charge is 2.14. The lowest BCUT2D eigenvalue weighted by molar-refractivity contribution is -0.118. The van der Waals surface area contributed by atoms with Crippen LogP contribution in [0.5, 0.6) is 5.75 Å². The van der Waals surface area contributed by atoms with E-state index < -0.39 is 0 Å². The average molecular weight is 437 g/mol. The lowest BCUT2D eigenvalue weighted by Crippen LogP contribution is -2.25. The molecule has 2 N–H and O–H groups in total. The third-order valence-electron chi connectivity index (χ3n) is 5.07. The van der Waals surface area contributed by atoms with Crippen LogP contribution in [0.3, 0.4) is 0 Å². The average Bonchev–Trinajstić information content (AvgIpc) is 2.88. The van der Waals surface area contributed by atoms with Crippen molar-refractivity contribution in [3.05, 3.63) is 120 Å². The number of para-hydroxylation sites is 2. The largest absolute Gasteiger partial charge is 0.483 e. The van der Waals surface area contributed by atoms with Crippen molar-refractivity contribution in [2.45, 2.75) is 6.54 Å². The van der Waals surface area contributed by atoms with Crippen molar-refractivity contribution in [3.8, 4) is 16.9 Å². The second-order valence-electron chi connectivity index (χ2n) is 7.41. The minimum atomic E-state index is -0.308. The van der Waals surface area contributed by atoms with Crippen molar-refractivity contribution >= 4 is 17.5 Å². The van der Waals surface area contributed by atoms with Crippen LogP contribution in [-0.2, 0) is 11.3 Å². The van der Waals surface area contributed by atoms with E-state index >= 15 is 0 Å². The summed E-state index contributed by atoms with van der Waals surface area (Å²) >= 11 is 0. The molecular weight excluding hydrogens is 412 g/mol. The lowest BCUT2D eigenvalue weighted by Gasteiger charge is -2.14. The minimum Gasteiger partial charge on any atom is -0.483 e. The van der Waals surface area contributed by atoms with Crippen LogP contribution in [0, 0.1) is 0 Å². The Hall–Kier alpha value is -4.38. The molecule has 0 unspecified atom stereocenters. The number of amides is 2. The van der Waals surface area contributed by atoms with Crippen LogP contribution >= 0.6 is 0 Å². The molecule has 0 aliphatic heterocycles. The molecule has 0 aliphatic carbocycles. The Morgan fingerprint density at radius 3 is 2.12 bits per heavy atom. The molecular formula is C28H24N2O3. The van der Waals surface area contributed by atoms with Gasteiger partial charge in [0.15, 0.2) is 6.61 Å². The zero-order chi connectivity index (χ0) is 22.9. The fourth-order valence-electron chi connectivity index (χ4n) is 3.44. The number of anilines is 1. The van der Waals surface area contributed by atoms with Crippen molar-refractivity contribution < 1.29 is 14.3 Å². The number of benzene rings is 4. The maximum atomic E-state index is 12.7. The summed E-state index contributed by atoms with van der Waals surface area (Å²) in [5.74, 6) is -0.211. The van der Waals surface area contributed by atoms with Crippen molar-refractivity contribution in [1.82, 2.24) is 5.32 Å². The minimum absolute atomic E-state index is 0.216. The van der Waals surface area contributed by atoms with E-state index in [4.69, 9.17) is 4.74 Å². The first-order chi connectivity index (χ1) is 16.2. The molecule has 164 valence electrons. The van der Waals surface area contributed by atoms with Gasteiger partial charge in [-0.3, -0.25) is 9.59 Å². The number of carbonyl (C=O) groups is 2. The summed E-state index contributed by atoms with van der Waals surface area (Å²) < 4.78 is 5.72. The molecule has 4 aromatic carbocycles.